The van der Waals surface area contributed by atoms with Gasteiger partial charge in [-0.05, 0) is 71.5 Å². The Labute approximate surface area is 120 Å². The molecule has 0 bridgehead atoms. The van der Waals surface area contributed by atoms with E-state index in [1.807, 2.05) is 0 Å². The van der Waals surface area contributed by atoms with E-state index in [0.717, 1.165) is 18.9 Å². The van der Waals surface area contributed by atoms with Crippen LogP contribution < -0.4 is 5.32 Å². The molecule has 1 aliphatic heterocycles. The smallest absolute Gasteiger partial charge is 0.0370 e. The average Bonchev–Trinajstić information content (AvgIpc) is 3.32. The van der Waals surface area contributed by atoms with Crippen molar-refractivity contribution in [1.82, 2.24) is 5.32 Å². The summed E-state index contributed by atoms with van der Waals surface area (Å²) in [4.78, 5) is 0. The highest BCUT2D eigenvalue weighted by Gasteiger charge is 2.34. The van der Waals surface area contributed by atoms with E-state index in [4.69, 9.17) is 0 Å². The van der Waals surface area contributed by atoms with E-state index >= 15 is 0 Å². The minimum absolute atomic E-state index is 0.544. The third kappa shape index (κ3) is 1.47. The fourth-order valence-electron chi connectivity index (χ4n) is 4.15. The van der Waals surface area contributed by atoms with Crippen LogP contribution in [0.3, 0.4) is 0 Å². The Kier molecular flexibility index (Phi) is 2.20. The molecule has 1 fully saturated rings. The van der Waals surface area contributed by atoms with Gasteiger partial charge in [0, 0.05) is 6.04 Å². The third-order valence-corrected chi connectivity index (χ3v) is 5.23. The molecule has 100 valence electrons. The molecule has 1 heteroatoms. The second-order valence-corrected chi connectivity index (χ2v) is 6.49. The van der Waals surface area contributed by atoms with E-state index in [0.29, 0.717) is 6.04 Å². The first-order valence-electron chi connectivity index (χ1n) is 7.89. The average molecular weight is 261 g/mol. The van der Waals surface area contributed by atoms with Gasteiger partial charge in [-0.25, -0.2) is 0 Å². The molecule has 2 aromatic carbocycles. The Hall–Kier alpha value is -1.60. The summed E-state index contributed by atoms with van der Waals surface area (Å²) in [6.45, 7) is 1.13. The van der Waals surface area contributed by atoms with Crippen molar-refractivity contribution in [2.45, 2.75) is 37.6 Å². The molecule has 0 radical (unpaired) electrons. The van der Waals surface area contributed by atoms with Crippen LogP contribution in [-0.4, -0.2) is 6.54 Å². The fraction of sp³-hybridized carbons (Fsp3) is 0.368. The molecule has 2 aliphatic carbocycles. The molecule has 1 saturated carbocycles. The normalized spacial score (nSPS) is 23.1. The Bertz CT molecular complexity index is 697. The summed E-state index contributed by atoms with van der Waals surface area (Å²) in [7, 11) is 0. The summed E-state index contributed by atoms with van der Waals surface area (Å²) < 4.78 is 0. The third-order valence-electron chi connectivity index (χ3n) is 5.23. The first kappa shape index (κ1) is 11.1. The largest absolute Gasteiger partial charge is 0.309 e. The number of rotatable bonds is 1. The van der Waals surface area contributed by atoms with Gasteiger partial charge in [0.15, 0.2) is 0 Å². The lowest BCUT2D eigenvalue weighted by Crippen LogP contribution is -2.34. The van der Waals surface area contributed by atoms with Gasteiger partial charge in [-0.1, -0.05) is 36.4 Å². The molecule has 1 N–H and O–H groups in total. The number of fused-ring (bicyclic) bond motifs is 2. The van der Waals surface area contributed by atoms with Crippen molar-refractivity contribution in [2.75, 3.05) is 6.54 Å². The van der Waals surface area contributed by atoms with Gasteiger partial charge < -0.3 is 5.32 Å². The maximum absolute atomic E-state index is 3.74. The molecule has 2 aromatic rings. The molecule has 0 aromatic heterocycles. The number of benzene rings is 2. The molecule has 0 amide bonds. The van der Waals surface area contributed by atoms with Gasteiger partial charge in [-0.15, -0.1) is 0 Å². The van der Waals surface area contributed by atoms with Crippen LogP contribution in [0.5, 0.6) is 0 Å². The fourth-order valence-corrected chi connectivity index (χ4v) is 4.15. The van der Waals surface area contributed by atoms with E-state index < -0.39 is 0 Å². The molecule has 1 nitrogen and oxygen atoms in total. The van der Waals surface area contributed by atoms with Crippen LogP contribution in [-0.2, 0) is 12.8 Å². The van der Waals surface area contributed by atoms with Crippen molar-refractivity contribution < 1.29 is 0 Å². The van der Waals surface area contributed by atoms with E-state index in [1.54, 1.807) is 22.3 Å². The van der Waals surface area contributed by atoms with Gasteiger partial charge in [0.25, 0.3) is 0 Å². The van der Waals surface area contributed by atoms with Gasteiger partial charge >= 0.3 is 0 Å². The van der Waals surface area contributed by atoms with E-state index in [2.05, 4.69) is 41.7 Å². The molecule has 0 saturated heterocycles. The van der Waals surface area contributed by atoms with Gasteiger partial charge in [-0.2, -0.15) is 0 Å². The second-order valence-electron chi connectivity index (χ2n) is 6.49. The van der Waals surface area contributed by atoms with Crippen LogP contribution >= 0.6 is 0 Å². The molecule has 1 atom stereocenters. The summed E-state index contributed by atoms with van der Waals surface area (Å²) in [6.07, 6.45) is 5.11. The summed E-state index contributed by atoms with van der Waals surface area (Å²) in [5.74, 6) is 0.823. The van der Waals surface area contributed by atoms with Crippen LogP contribution in [0.1, 0.15) is 47.1 Å². The maximum atomic E-state index is 3.74. The van der Waals surface area contributed by atoms with Crippen LogP contribution in [0.4, 0.5) is 0 Å². The van der Waals surface area contributed by atoms with E-state index in [-0.39, 0.29) is 0 Å². The minimum Gasteiger partial charge on any atom is -0.309 e. The molecular formula is C19H19N. The van der Waals surface area contributed by atoms with Crippen LogP contribution in [0.15, 0.2) is 36.4 Å². The zero-order valence-corrected chi connectivity index (χ0v) is 11.7. The van der Waals surface area contributed by atoms with E-state index in [1.165, 1.54) is 30.4 Å². The molecular weight excluding hydrogens is 242 g/mol. The first-order valence-corrected chi connectivity index (χ1v) is 7.89. The summed E-state index contributed by atoms with van der Waals surface area (Å²) >= 11 is 0. The zero-order valence-electron chi connectivity index (χ0n) is 11.7. The Morgan fingerprint density at radius 2 is 1.85 bits per heavy atom. The first-order chi connectivity index (χ1) is 9.92. The van der Waals surface area contributed by atoms with Crippen molar-refractivity contribution in [3.8, 4) is 11.1 Å². The number of hydrogen-bond donors (Lipinski definition) is 1. The van der Waals surface area contributed by atoms with Crippen LogP contribution in [0.2, 0.25) is 0 Å². The summed E-state index contributed by atoms with van der Waals surface area (Å²) in [5.41, 5.74) is 9.44. The monoisotopic (exact) mass is 261 g/mol. The number of nitrogens with one attached hydrogen (secondary N) is 1. The Balaban J connectivity index is 1.85. The molecule has 5 rings (SSSR count). The Morgan fingerprint density at radius 3 is 2.75 bits per heavy atom. The lowest BCUT2D eigenvalue weighted by Gasteiger charge is -2.35. The molecule has 0 spiro atoms. The predicted molar refractivity (Wildman–Crippen MR) is 82.0 cm³/mol. The van der Waals surface area contributed by atoms with Crippen LogP contribution in [0.25, 0.3) is 11.1 Å². The van der Waals surface area contributed by atoms with Crippen molar-refractivity contribution >= 4 is 0 Å². The lowest BCUT2D eigenvalue weighted by atomic mass is 9.75. The quantitative estimate of drug-likeness (QED) is 0.819. The van der Waals surface area contributed by atoms with Crippen LogP contribution in [0, 0.1) is 0 Å². The minimum atomic E-state index is 0.544. The molecule has 3 aliphatic rings. The highest BCUT2D eigenvalue weighted by atomic mass is 14.9. The second kappa shape index (κ2) is 3.95. The van der Waals surface area contributed by atoms with Gasteiger partial charge in [0.05, 0.1) is 0 Å². The van der Waals surface area contributed by atoms with Gasteiger partial charge in [0.2, 0.25) is 0 Å². The van der Waals surface area contributed by atoms with Crippen molar-refractivity contribution in [3.63, 3.8) is 0 Å². The SMILES string of the molecule is c1ccc2c(c1)CC1NCCc3ccc(C4CC4)c-2c31. The molecule has 1 unspecified atom stereocenters. The van der Waals surface area contributed by atoms with Crippen molar-refractivity contribution in [1.29, 1.82) is 0 Å². The summed E-state index contributed by atoms with van der Waals surface area (Å²) in [5, 5.41) is 3.74. The maximum Gasteiger partial charge on any atom is 0.0370 e. The van der Waals surface area contributed by atoms with Crippen molar-refractivity contribution in [2.24, 2.45) is 0 Å². The molecule has 1 heterocycles. The zero-order chi connectivity index (χ0) is 13.1. The van der Waals surface area contributed by atoms with Crippen molar-refractivity contribution in [3.05, 3.63) is 58.7 Å². The topological polar surface area (TPSA) is 12.0 Å². The lowest BCUT2D eigenvalue weighted by molar-refractivity contribution is 0.498. The van der Waals surface area contributed by atoms with Gasteiger partial charge in [0.1, 0.15) is 0 Å². The highest BCUT2D eigenvalue weighted by Crippen LogP contribution is 2.50. The van der Waals surface area contributed by atoms with Gasteiger partial charge in [-0.3, -0.25) is 0 Å². The predicted octanol–water partition coefficient (Wildman–Crippen LogP) is 3.97. The molecule has 20 heavy (non-hydrogen) atoms. The number of hydrogen-bond acceptors (Lipinski definition) is 1. The van der Waals surface area contributed by atoms with E-state index in [9.17, 15) is 0 Å². The summed E-state index contributed by atoms with van der Waals surface area (Å²) in [6, 6.07) is 14.4. The standard InChI is InChI=1S/C19H19N/c1-2-4-15-14(3-1)11-17-18-13(9-10-20-17)7-8-16(19(15)18)12-5-6-12/h1-4,7-8,12,17,20H,5-6,9-11H2. The Morgan fingerprint density at radius 1 is 0.950 bits per heavy atom. The highest BCUT2D eigenvalue weighted by molar-refractivity contribution is 5.79.